The second-order valence-corrected chi connectivity index (χ2v) is 5.04. The van der Waals surface area contributed by atoms with Crippen LogP contribution in [0.25, 0.3) is 0 Å². The molecule has 0 saturated heterocycles. The van der Waals surface area contributed by atoms with Gasteiger partial charge in [-0.3, -0.25) is 9.59 Å². The van der Waals surface area contributed by atoms with Crippen molar-refractivity contribution in [2.45, 2.75) is 32.6 Å². The van der Waals surface area contributed by atoms with Crippen LogP contribution in [0.5, 0.6) is 0 Å². The number of carbonyl (C=O) groups is 2. The molecule has 20 heavy (non-hydrogen) atoms. The lowest BCUT2D eigenvalue weighted by Gasteiger charge is -2.07. The molecule has 0 bridgehead atoms. The van der Waals surface area contributed by atoms with Crippen LogP contribution in [-0.2, 0) is 16.0 Å². The van der Waals surface area contributed by atoms with Crippen molar-refractivity contribution in [2.24, 2.45) is 0 Å². The maximum absolute atomic E-state index is 11.7. The van der Waals surface area contributed by atoms with E-state index in [1.54, 1.807) is 12.1 Å². The van der Waals surface area contributed by atoms with E-state index in [2.05, 4.69) is 10.6 Å². The first-order valence-electron chi connectivity index (χ1n) is 6.89. The lowest BCUT2D eigenvalue weighted by Crippen LogP contribution is -2.35. The maximum Gasteiger partial charge on any atom is 0.224 e. The highest BCUT2D eigenvalue weighted by molar-refractivity contribution is 6.30. The number of halogens is 1. The third-order valence-corrected chi connectivity index (χ3v) is 3.06. The Bertz CT molecular complexity index is 432. The Morgan fingerprint density at radius 2 is 1.65 bits per heavy atom. The van der Waals surface area contributed by atoms with E-state index >= 15 is 0 Å². The number of rotatable bonds is 8. The molecule has 0 heterocycles. The van der Waals surface area contributed by atoms with Gasteiger partial charge in [-0.1, -0.05) is 37.1 Å². The Morgan fingerprint density at radius 3 is 2.25 bits per heavy atom. The number of benzene rings is 1. The Kier molecular flexibility index (Phi) is 7.73. The molecule has 0 aliphatic rings. The zero-order chi connectivity index (χ0) is 14.8. The van der Waals surface area contributed by atoms with Gasteiger partial charge < -0.3 is 10.6 Å². The highest BCUT2D eigenvalue weighted by Gasteiger charge is 2.03. The van der Waals surface area contributed by atoms with E-state index in [1.807, 2.05) is 19.1 Å². The number of carbonyl (C=O) groups excluding carboxylic acids is 2. The van der Waals surface area contributed by atoms with Crippen molar-refractivity contribution in [1.82, 2.24) is 10.6 Å². The van der Waals surface area contributed by atoms with Crippen LogP contribution in [0.1, 0.15) is 31.7 Å². The molecule has 1 rings (SSSR count). The van der Waals surface area contributed by atoms with Gasteiger partial charge in [-0.25, -0.2) is 0 Å². The van der Waals surface area contributed by atoms with Crippen LogP contribution in [0.15, 0.2) is 24.3 Å². The fourth-order valence-electron chi connectivity index (χ4n) is 1.68. The molecule has 0 fully saturated rings. The SMILES string of the molecule is CCCCC(=O)NCCNC(=O)Cc1ccc(Cl)cc1. The molecule has 2 amide bonds. The molecule has 0 atom stereocenters. The van der Waals surface area contributed by atoms with Crippen LogP contribution >= 0.6 is 11.6 Å². The van der Waals surface area contributed by atoms with E-state index in [4.69, 9.17) is 11.6 Å². The molecule has 0 aliphatic carbocycles. The molecule has 110 valence electrons. The summed E-state index contributed by atoms with van der Waals surface area (Å²) in [5, 5.41) is 6.20. The Labute approximate surface area is 124 Å². The largest absolute Gasteiger partial charge is 0.354 e. The number of nitrogens with one attached hydrogen (secondary N) is 2. The minimum absolute atomic E-state index is 0.0406. The van der Waals surface area contributed by atoms with E-state index in [0.717, 1.165) is 18.4 Å². The van der Waals surface area contributed by atoms with E-state index in [9.17, 15) is 9.59 Å². The molecule has 0 saturated carbocycles. The van der Waals surface area contributed by atoms with Gasteiger partial charge in [-0.05, 0) is 24.1 Å². The average Bonchev–Trinajstić information content (AvgIpc) is 2.44. The van der Waals surface area contributed by atoms with Crippen molar-refractivity contribution < 1.29 is 9.59 Å². The van der Waals surface area contributed by atoms with E-state index < -0.39 is 0 Å². The highest BCUT2D eigenvalue weighted by atomic mass is 35.5. The summed E-state index contributed by atoms with van der Waals surface area (Å²) in [4.78, 5) is 23.0. The second kappa shape index (κ2) is 9.37. The molecule has 5 heteroatoms. The Morgan fingerprint density at radius 1 is 1.05 bits per heavy atom. The molecule has 0 unspecified atom stereocenters. The number of hydrogen-bond donors (Lipinski definition) is 2. The Balaban J connectivity index is 2.14. The summed E-state index contributed by atoms with van der Waals surface area (Å²) in [5.41, 5.74) is 0.916. The Hall–Kier alpha value is -1.55. The van der Waals surface area contributed by atoms with E-state index in [-0.39, 0.29) is 11.8 Å². The van der Waals surface area contributed by atoms with Crippen LogP contribution in [0.4, 0.5) is 0 Å². The summed E-state index contributed by atoms with van der Waals surface area (Å²) < 4.78 is 0. The molecule has 0 spiro atoms. The van der Waals surface area contributed by atoms with Crippen LogP contribution in [0.3, 0.4) is 0 Å². The van der Waals surface area contributed by atoms with Gasteiger partial charge in [0.25, 0.3) is 0 Å². The van der Waals surface area contributed by atoms with Gasteiger partial charge in [0, 0.05) is 24.5 Å². The third kappa shape index (κ3) is 7.14. The van der Waals surface area contributed by atoms with Crippen LogP contribution in [0.2, 0.25) is 5.02 Å². The molecular formula is C15H21ClN2O2. The second-order valence-electron chi connectivity index (χ2n) is 4.61. The quantitative estimate of drug-likeness (QED) is 0.723. The van der Waals surface area contributed by atoms with Gasteiger partial charge in [0.2, 0.25) is 11.8 Å². The first-order valence-corrected chi connectivity index (χ1v) is 7.27. The minimum atomic E-state index is -0.0601. The standard InChI is InChI=1S/C15H21ClN2O2/c1-2-3-4-14(19)17-9-10-18-15(20)11-12-5-7-13(16)8-6-12/h5-8H,2-4,9-11H2,1H3,(H,17,19)(H,18,20). The minimum Gasteiger partial charge on any atom is -0.354 e. The van der Waals surface area contributed by atoms with Crippen LogP contribution in [-0.4, -0.2) is 24.9 Å². The summed E-state index contributed by atoms with van der Waals surface area (Å²) in [6.45, 7) is 2.96. The van der Waals surface area contributed by atoms with Crippen LogP contribution < -0.4 is 10.6 Å². The summed E-state index contributed by atoms with van der Waals surface area (Å²) >= 11 is 5.78. The first kappa shape index (κ1) is 16.5. The normalized spacial score (nSPS) is 10.1. The molecule has 0 aliphatic heterocycles. The van der Waals surface area contributed by atoms with Crippen molar-refractivity contribution in [3.8, 4) is 0 Å². The molecular weight excluding hydrogens is 276 g/mol. The smallest absolute Gasteiger partial charge is 0.224 e. The molecule has 2 N–H and O–H groups in total. The lowest BCUT2D eigenvalue weighted by atomic mass is 10.1. The molecule has 4 nitrogen and oxygen atoms in total. The third-order valence-electron chi connectivity index (χ3n) is 2.80. The van der Waals surface area contributed by atoms with Crippen LogP contribution in [0, 0.1) is 0 Å². The summed E-state index contributed by atoms with van der Waals surface area (Å²) in [6, 6.07) is 7.18. The van der Waals surface area contributed by atoms with Gasteiger partial charge in [0.1, 0.15) is 0 Å². The van der Waals surface area contributed by atoms with E-state index in [0.29, 0.717) is 31.0 Å². The molecule has 1 aromatic rings. The summed E-state index contributed by atoms with van der Waals surface area (Å²) in [5.74, 6) is -0.0195. The first-order chi connectivity index (χ1) is 9.61. The fraction of sp³-hybridized carbons (Fsp3) is 0.467. The van der Waals surface area contributed by atoms with Gasteiger partial charge in [0.05, 0.1) is 6.42 Å². The predicted molar refractivity (Wildman–Crippen MR) is 80.7 cm³/mol. The molecule has 0 radical (unpaired) electrons. The van der Waals surface area contributed by atoms with Gasteiger partial charge in [0.15, 0.2) is 0 Å². The molecule has 1 aromatic carbocycles. The van der Waals surface area contributed by atoms with Gasteiger partial charge in [-0.2, -0.15) is 0 Å². The van der Waals surface area contributed by atoms with Crippen molar-refractivity contribution in [3.63, 3.8) is 0 Å². The number of amides is 2. The van der Waals surface area contributed by atoms with Gasteiger partial charge >= 0.3 is 0 Å². The predicted octanol–water partition coefficient (Wildman–Crippen LogP) is 2.31. The lowest BCUT2D eigenvalue weighted by molar-refractivity contribution is -0.122. The summed E-state index contributed by atoms with van der Waals surface area (Å²) in [6.07, 6.45) is 2.77. The summed E-state index contributed by atoms with van der Waals surface area (Å²) in [7, 11) is 0. The topological polar surface area (TPSA) is 58.2 Å². The maximum atomic E-state index is 11.7. The number of unbranched alkanes of at least 4 members (excludes halogenated alkanes) is 1. The molecule has 0 aromatic heterocycles. The van der Waals surface area contributed by atoms with Crippen molar-refractivity contribution >= 4 is 23.4 Å². The van der Waals surface area contributed by atoms with Crippen molar-refractivity contribution in [3.05, 3.63) is 34.9 Å². The van der Waals surface area contributed by atoms with Gasteiger partial charge in [-0.15, -0.1) is 0 Å². The average molecular weight is 297 g/mol. The van der Waals surface area contributed by atoms with E-state index in [1.165, 1.54) is 0 Å². The number of hydrogen-bond acceptors (Lipinski definition) is 2. The van der Waals surface area contributed by atoms with Crippen molar-refractivity contribution in [1.29, 1.82) is 0 Å². The zero-order valence-corrected chi connectivity index (χ0v) is 12.5. The van der Waals surface area contributed by atoms with Crippen molar-refractivity contribution in [2.75, 3.05) is 13.1 Å². The fourth-order valence-corrected chi connectivity index (χ4v) is 1.81. The zero-order valence-electron chi connectivity index (χ0n) is 11.7. The monoisotopic (exact) mass is 296 g/mol. The highest BCUT2D eigenvalue weighted by Crippen LogP contribution is 2.09.